The Morgan fingerprint density at radius 3 is 2.21 bits per heavy atom. The van der Waals surface area contributed by atoms with Gasteiger partial charge in [0.1, 0.15) is 0 Å². The van der Waals surface area contributed by atoms with Crippen LogP contribution < -0.4 is 10.6 Å². The van der Waals surface area contributed by atoms with Crippen molar-refractivity contribution in [2.75, 3.05) is 13.1 Å². The zero-order valence-corrected chi connectivity index (χ0v) is 11.4. The second kappa shape index (κ2) is 6.78. The van der Waals surface area contributed by atoms with Gasteiger partial charge in [-0.05, 0) is 56.3 Å². The lowest BCUT2D eigenvalue weighted by atomic mass is 9.98. The molecule has 0 saturated heterocycles. The summed E-state index contributed by atoms with van der Waals surface area (Å²) in [6.07, 6.45) is 6.84. The molecule has 5 heteroatoms. The van der Waals surface area contributed by atoms with E-state index in [0.29, 0.717) is 25.3 Å². The molecule has 0 bridgehead atoms. The van der Waals surface area contributed by atoms with Crippen LogP contribution in [0, 0.1) is 17.8 Å². The fourth-order valence-electron chi connectivity index (χ4n) is 2.64. The van der Waals surface area contributed by atoms with Gasteiger partial charge in [0.05, 0.1) is 0 Å². The first-order valence-electron chi connectivity index (χ1n) is 7.40. The van der Waals surface area contributed by atoms with Crippen molar-refractivity contribution in [3.8, 4) is 0 Å². The van der Waals surface area contributed by atoms with E-state index in [1.165, 1.54) is 25.7 Å². The Morgan fingerprint density at radius 1 is 1.05 bits per heavy atom. The molecular weight excluding hydrogens is 244 g/mol. The highest BCUT2D eigenvalue weighted by atomic mass is 16.4. The minimum Gasteiger partial charge on any atom is -0.481 e. The lowest BCUT2D eigenvalue weighted by Crippen LogP contribution is -2.39. The van der Waals surface area contributed by atoms with Crippen LogP contribution in [-0.4, -0.2) is 30.2 Å². The molecule has 5 nitrogen and oxygen atoms in total. The highest BCUT2D eigenvalue weighted by Crippen LogP contribution is 2.48. The van der Waals surface area contributed by atoms with Crippen LogP contribution in [0.1, 0.15) is 44.9 Å². The van der Waals surface area contributed by atoms with Crippen LogP contribution in [0.3, 0.4) is 0 Å². The smallest absolute Gasteiger partial charge is 0.314 e. The minimum absolute atomic E-state index is 0.110. The maximum absolute atomic E-state index is 11.6. The topological polar surface area (TPSA) is 78.4 Å². The average molecular weight is 268 g/mol. The van der Waals surface area contributed by atoms with Gasteiger partial charge in [-0.15, -0.1) is 0 Å². The van der Waals surface area contributed by atoms with Crippen molar-refractivity contribution >= 4 is 12.0 Å². The predicted molar refractivity (Wildman–Crippen MR) is 71.8 cm³/mol. The van der Waals surface area contributed by atoms with Crippen LogP contribution in [0.4, 0.5) is 4.79 Å². The largest absolute Gasteiger partial charge is 0.481 e. The number of carboxylic acids is 1. The quantitative estimate of drug-likeness (QED) is 0.559. The average Bonchev–Trinajstić information content (AvgIpc) is 3.22. The van der Waals surface area contributed by atoms with Crippen molar-refractivity contribution in [3.63, 3.8) is 0 Å². The number of urea groups is 1. The van der Waals surface area contributed by atoms with Crippen molar-refractivity contribution in [1.82, 2.24) is 10.6 Å². The Balaban J connectivity index is 1.50. The summed E-state index contributed by atoms with van der Waals surface area (Å²) in [6, 6.07) is -0.110. The van der Waals surface area contributed by atoms with E-state index in [1.807, 2.05) is 0 Å². The second-order valence-electron chi connectivity index (χ2n) is 5.83. The molecule has 19 heavy (non-hydrogen) atoms. The summed E-state index contributed by atoms with van der Waals surface area (Å²) in [5.74, 6) is 1.62. The number of hydrogen-bond acceptors (Lipinski definition) is 2. The third-order valence-corrected chi connectivity index (χ3v) is 4.06. The van der Waals surface area contributed by atoms with Gasteiger partial charge in [0.2, 0.25) is 0 Å². The number of hydrogen-bond donors (Lipinski definition) is 3. The van der Waals surface area contributed by atoms with Crippen molar-refractivity contribution in [2.24, 2.45) is 17.8 Å². The van der Waals surface area contributed by atoms with Crippen LogP contribution in [0.25, 0.3) is 0 Å². The van der Waals surface area contributed by atoms with Gasteiger partial charge >= 0.3 is 12.0 Å². The SMILES string of the molecule is O=C(O)CCCCNC(=O)NCC(C1CC1)C1CC1. The van der Waals surface area contributed by atoms with Crippen LogP contribution in [0.15, 0.2) is 0 Å². The standard InChI is InChI=1S/C14H24N2O3/c17-13(18)3-1-2-8-15-14(19)16-9-12(10-4-5-10)11-6-7-11/h10-12H,1-9H2,(H,17,18)(H2,15,16,19). The number of carboxylic acid groups (broad SMARTS) is 1. The van der Waals surface area contributed by atoms with E-state index in [2.05, 4.69) is 10.6 Å². The van der Waals surface area contributed by atoms with Crippen LogP contribution in [0.2, 0.25) is 0 Å². The first-order valence-corrected chi connectivity index (χ1v) is 7.40. The first-order chi connectivity index (χ1) is 9.16. The zero-order chi connectivity index (χ0) is 13.7. The van der Waals surface area contributed by atoms with Crippen molar-refractivity contribution < 1.29 is 14.7 Å². The molecule has 2 saturated carbocycles. The second-order valence-corrected chi connectivity index (χ2v) is 5.83. The number of amides is 2. The Kier molecular flexibility index (Phi) is 5.05. The summed E-state index contributed by atoms with van der Waals surface area (Å²) >= 11 is 0. The molecule has 0 aromatic heterocycles. The predicted octanol–water partition coefficient (Wildman–Crippen LogP) is 1.98. The molecule has 0 atom stereocenters. The summed E-state index contributed by atoms with van der Waals surface area (Å²) < 4.78 is 0. The van der Waals surface area contributed by atoms with Crippen molar-refractivity contribution in [3.05, 3.63) is 0 Å². The molecule has 108 valence electrons. The van der Waals surface area contributed by atoms with Gasteiger partial charge in [-0.1, -0.05) is 0 Å². The third-order valence-electron chi connectivity index (χ3n) is 4.06. The molecule has 2 fully saturated rings. The van der Waals surface area contributed by atoms with E-state index in [9.17, 15) is 9.59 Å². The molecule has 0 heterocycles. The molecule has 2 amide bonds. The van der Waals surface area contributed by atoms with Gasteiger partial charge in [0.25, 0.3) is 0 Å². The minimum atomic E-state index is -0.777. The van der Waals surface area contributed by atoms with E-state index >= 15 is 0 Å². The molecule has 0 radical (unpaired) electrons. The maximum atomic E-state index is 11.6. The third kappa shape index (κ3) is 5.49. The molecule has 0 aliphatic heterocycles. The highest BCUT2D eigenvalue weighted by molar-refractivity contribution is 5.73. The number of rotatable bonds is 9. The van der Waals surface area contributed by atoms with Crippen LogP contribution in [-0.2, 0) is 4.79 Å². The Labute approximate surface area is 114 Å². The Morgan fingerprint density at radius 2 is 1.68 bits per heavy atom. The summed E-state index contributed by atoms with van der Waals surface area (Å²) in [4.78, 5) is 21.9. The molecule has 0 aromatic carbocycles. The Hall–Kier alpha value is -1.26. The Bertz CT molecular complexity index is 313. The van der Waals surface area contributed by atoms with Gasteiger partial charge in [-0.3, -0.25) is 4.79 Å². The summed E-state index contributed by atoms with van der Waals surface area (Å²) in [5.41, 5.74) is 0. The van der Waals surface area contributed by atoms with E-state index in [4.69, 9.17) is 5.11 Å². The van der Waals surface area contributed by atoms with Gasteiger partial charge in [-0.25, -0.2) is 4.79 Å². The lowest BCUT2D eigenvalue weighted by molar-refractivity contribution is -0.137. The number of carbonyl (C=O) groups is 2. The van der Waals surface area contributed by atoms with Crippen molar-refractivity contribution in [2.45, 2.75) is 44.9 Å². The van der Waals surface area contributed by atoms with Gasteiger partial charge in [0, 0.05) is 19.5 Å². The lowest BCUT2D eigenvalue weighted by Gasteiger charge is -2.16. The normalized spacial score (nSPS) is 18.4. The molecule has 0 aromatic rings. The van der Waals surface area contributed by atoms with E-state index < -0.39 is 5.97 Å². The zero-order valence-electron chi connectivity index (χ0n) is 11.4. The molecule has 0 spiro atoms. The fourth-order valence-corrected chi connectivity index (χ4v) is 2.64. The number of unbranched alkanes of at least 4 members (excludes halogenated alkanes) is 1. The maximum Gasteiger partial charge on any atom is 0.314 e. The summed E-state index contributed by atoms with van der Waals surface area (Å²) in [6.45, 7) is 1.35. The molecule has 2 aliphatic rings. The molecule has 0 unspecified atom stereocenters. The van der Waals surface area contributed by atoms with Gasteiger partial charge in [-0.2, -0.15) is 0 Å². The van der Waals surface area contributed by atoms with E-state index in [0.717, 1.165) is 18.4 Å². The van der Waals surface area contributed by atoms with Gasteiger partial charge in [0.15, 0.2) is 0 Å². The first kappa shape index (κ1) is 14.2. The number of carbonyl (C=O) groups excluding carboxylic acids is 1. The fraction of sp³-hybridized carbons (Fsp3) is 0.857. The van der Waals surface area contributed by atoms with Crippen molar-refractivity contribution in [1.29, 1.82) is 0 Å². The number of aliphatic carboxylic acids is 1. The number of nitrogens with one attached hydrogen (secondary N) is 2. The highest BCUT2D eigenvalue weighted by Gasteiger charge is 2.41. The van der Waals surface area contributed by atoms with Crippen LogP contribution in [0.5, 0.6) is 0 Å². The molecule has 3 N–H and O–H groups in total. The molecular formula is C14H24N2O3. The van der Waals surface area contributed by atoms with E-state index in [1.54, 1.807) is 0 Å². The molecule has 2 aliphatic carbocycles. The van der Waals surface area contributed by atoms with Gasteiger partial charge < -0.3 is 15.7 Å². The van der Waals surface area contributed by atoms with Crippen LogP contribution >= 0.6 is 0 Å². The van der Waals surface area contributed by atoms with E-state index in [-0.39, 0.29) is 12.5 Å². The summed E-state index contributed by atoms with van der Waals surface area (Å²) in [7, 11) is 0. The summed E-state index contributed by atoms with van der Waals surface area (Å²) in [5, 5.41) is 14.2. The molecule has 2 rings (SSSR count). The monoisotopic (exact) mass is 268 g/mol.